The molecule has 2 N–H and O–H groups in total. The number of methoxy groups -OCH3 is 1. The number of H-pyrrole nitrogens is 1. The number of fused-ring (bicyclic) bond motifs is 1. The minimum absolute atomic E-state index is 0.361. The van der Waals surface area contributed by atoms with Crippen molar-refractivity contribution in [3.63, 3.8) is 0 Å². The molecular formula is C18H18N2O3. The summed E-state index contributed by atoms with van der Waals surface area (Å²) in [5.41, 5.74) is 2.53. The molecule has 0 fully saturated rings. The van der Waals surface area contributed by atoms with Gasteiger partial charge in [0.2, 0.25) is 0 Å². The van der Waals surface area contributed by atoms with E-state index >= 15 is 0 Å². The molecule has 1 aromatic heterocycles. The van der Waals surface area contributed by atoms with Crippen LogP contribution >= 0.6 is 0 Å². The van der Waals surface area contributed by atoms with E-state index < -0.39 is 0 Å². The zero-order valence-corrected chi connectivity index (χ0v) is 13.1. The lowest BCUT2D eigenvalue weighted by atomic mass is 10.1. The molecule has 3 rings (SSSR count). The van der Waals surface area contributed by atoms with Crippen LogP contribution in [-0.4, -0.2) is 25.1 Å². The number of hydrogen-bond donors (Lipinski definition) is 2. The molecule has 118 valence electrons. The van der Waals surface area contributed by atoms with E-state index in [1.807, 2.05) is 49.7 Å². The van der Waals surface area contributed by atoms with Gasteiger partial charge in [-0.15, -0.1) is 0 Å². The fourth-order valence-corrected chi connectivity index (χ4v) is 2.51. The Morgan fingerprint density at radius 2 is 2.22 bits per heavy atom. The van der Waals surface area contributed by atoms with Crippen LogP contribution in [0.5, 0.6) is 5.88 Å². The van der Waals surface area contributed by atoms with Gasteiger partial charge in [0.15, 0.2) is 5.88 Å². The highest BCUT2D eigenvalue weighted by molar-refractivity contribution is 6.04. The predicted molar refractivity (Wildman–Crippen MR) is 89.2 cm³/mol. The topological polar surface area (TPSA) is 63.4 Å². The molecule has 5 heteroatoms. The van der Waals surface area contributed by atoms with Crippen LogP contribution in [0.1, 0.15) is 16.8 Å². The maximum Gasteiger partial charge on any atom is 0.338 e. The number of aromatic nitrogens is 1. The van der Waals surface area contributed by atoms with E-state index in [1.54, 1.807) is 6.07 Å². The van der Waals surface area contributed by atoms with Gasteiger partial charge in [-0.2, -0.15) is 0 Å². The van der Waals surface area contributed by atoms with Crippen LogP contribution in [0.4, 0.5) is 0 Å². The third-order valence-electron chi connectivity index (χ3n) is 3.60. The first-order valence-corrected chi connectivity index (χ1v) is 7.33. The number of carbonyl (C=O) groups is 1. The Kier molecular flexibility index (Phi) is 4.19. The van der Waals surface area contributed by atoms with Crippen LogP contribution in [0.25, 0.3) is 10.9 Å². The van der Waals surface area contributed by atoms with E-state index in [0.717, 1.165) is 23.1 Å². The van der Waals surface area contributed by atoms with Crippen LogP contribution in [0.2, 0.25) is 0 Å². The number of hydrogen-bond acceptors (Lipinski definition) is 4. The standard InChI is InChI=1S/C18H18N2O3/c1-19-11-12-6-8-13(9-7-12)23-17-10-15-14(18(21)22-2)4-3-5-16(15)20-17/h3-6,8-11,19-20H,7H2,1-2H3. The number of aromatic amines is 1. The first kappa shape index (κ1) is 15.0. The average molecular weight is 310 g/mol. The lowest BCUT2D eigenvalue weighted by Gasteiger charge is -2.09. The quantitative estimate of drug-likeness (QED) is 0.851. The molecule has 0 unspecified atom stereocenters. The zero-order valence-electron chi connectivity index (χ0n) is 13.1. The van der Waals surface area contributed by atoms with Gasteiger partial charge in [0.05, 0.1) is 12.7 Å². The smallest absolute Gasteiger partial charge is 0.338 e. The van der Waals surface area contributed by atoms with Crippen LogP contribution in [0.3, 0.4) is 0 Å². The predicted octanol–water partition coefficient (Wildman–Crippen LogP) is 3.28. The fourth-order valence-electron chi connectivity index (χ4n) is 2.51. The van der Waals surface area contributed by atoms with Crippen molar-refractivity contribution >= 4 is 16.9 Å². The third kappa shape index (κ3) is 3.13. The maximum absolute atomic E-state index is 11.8. The van der Waals surface area contributed by atoms with Crippen molar-refractivity contribution in [2.45, 2.75) is 6.42 Å². The Balaban J connectivity index is 1.84. The molecule has 0 radical (unpaired) electrons. The molecule has 1 heterocycles. The molecule has 5 nitrogen and oxygen atoms in total. The van der Waals surface area contributed by atoms with Crippen LogP contribution in [0.15, 0.2) is 60.0 Å². The van der Waals surface area contributed by atoms with Gasteiger partial charge in [0.25, 0.3) is 0 Å². The number of esters is 1. The summed E-state index contributed by atoms with van der Waals surface area (Å²) in [6.45, 7) is 0. The molecule has 0 bridgehead atoms. The third-order valence-corrected chi connectivity index (χ3v) is 3.60. The van der Waals surface area contributed by atoms with Gasteiger partial charge in [0.1, 0.15) is 5.76 Å². The Bertz CT molecular complexity index is 828. The summed E-state index contributed by atoms with van der Waals surface area (Å²) >= 11 is 0. The van der Waals surface area contributed by atoms with Crippen LogP contribution in [0, 0.1) is 0 Å². The highest BCUT2D eigenvalue weighted by Crippen LogP contribution is 2.27. The fraction of sp³-hybridized carbons (Fsp3) is 0.167. The van der Waals surface area contributed by atoms with Crippen molar-refractivity contribution in [3.8, 4) is 5.88 Å². The van der Waals surface area contributed by atoms with E-state index in [0.29, 0.717) is 11.4 Å². The van der Waals surface area contributed by atoms with Crippen molar-refractivity contribution in [1.29, 1.82) is 0 Å². The molecule has 2 aromatic rings. The second-order valence-corrected chi connectivity index (χ2v) is 5.15. The molecule has 23 heavy (non-hydrogen) atoms. The Labute approximate surface area is 134 Å². The maximum atomic E-state index is 11.8. The molecule has 0 saturated carbocycles. The van der Waals surface area contributed by atoms with Crippen molar-refractivity contribution < 1.29 is 14.3 Å². The summed E-state index contributed by atoms with van der Waals surface area (Å²) in [7, 11) is 3.25. The van der Waals surface area contributed by atoms with Gasteiger partial charge in [-0.25, -0.2) is 4.79 Å². The van der Waals surface area contributed by atoms with Crippen LogP contribution in [-0.2, 0) is 4.74 Å². The Morgan fingerprint density at radius 3 is 2.91 bits per heavy atom. The summed E-state index contributed by atoms with van der Waals surface area (Å²) in [6, 6.07) is 7.26. The molecule has 0 spiro atoms. The molecule has 1 aromatic carbocycles. The van der Waals surface area contributed by atoms with Crippen molar-refractivity contribution in [3.05, 3.63) is 65.6 Å². The van der Waals surface area contributed by atoms with E-state index in [2.05, 4.69) is 10.3 Å². The van der Waals surface area contributed by atoms with Gasteiger partial charge < -0.3 is 19.8 Å². The number of ether oxygens (including phenoxy) is 2. The highest BCUT2D eigenvalue weighted by atomic mass is 16.5. The molecule has 0 aliphatic heterocycles. The van der Waals surface area contributed by atoms with E-state index in [-0.39, 0.29) is 5.97 Å². The molecule has 1 aliphatic carbocycles. The number of allylic oxidation sites excluding steroid dienone is 4. The lowest BCUT2D eigenvalue weighted by molar-refractivity contribution is 0.0603. The highest BCUT2D eigenvalue weighted by Gasteiger charge is 2.13. The van der Waals surface area contributed by atoms with Crippen molar-refractivity contribution in [1.82, 2.24) is 10.3 Å². The second-order valence-electron chi connectivity index (χ2n) is 5.15. The first-order valence-electron chi connectivity index (χ1n) is 7.33. The molecule has 0 saturated heterocycles. The second kappa shape index (κ2) is 6.44. The van der Waals surface area contributed by atoms with Gasteiger partial charge in [0, 0.05) is 24.0 Å². The van der Waals surface area contributed by atoms with Crippen molar-refractivity contribution in [2.24, 2.45) is 0 Å². The summed E-state index contributed by atoms with van der Waals surface area (Å²) < 4.78 is 10.7. The Morgan fingerprint density at radius 1 is 1.35 bits per heavy atom. The summed E-state index contributed by atoms with van der Waals surface area (Å²) in [6.07, 6.45) is 8.69. The molecular weight excluding hydrogens is 292 g/mol. The normalized spacial score (nSPS) is 15.6. The summed E-state index contributed by atoms with van der Waals surface area (Å²) in [4.78, 5) is 15.0. The summed E-state index contributed by atoms with van der Waals surface area (Å²) in [5, 5.41) is 3.79. The molecule has 0 amide bonds. The average Bonchev–Trinajstić information content (AvgIpc) is 2.98. The van der Waals surface area contributed by atoms with E-state index in [4.69, 9.17) is 9.47 Å². The SMILES string of the molecule is CNC=C1C=CC(Oc2cc3c(C(=O)OC)cccc3[nH]2)=CC1. The van der Waals surface area contributed by atoms with Gasteiger partial charge in [-0.05, 0) is 42.5 Å². The van der Waals surface area contributed by atoms with Crippen molar-refractivity contribution in [2.75, 3.05) is 14.2 Å². The lowest BCUT2D eigenvalue weighted by Crippen LogP contribution is -2.01. The van der Waals surface area contributed by atoms with E-state index in [1.165, 1.54) is 12.7 Å². The Hall–Kier alpha value is -2.95. The first-order chi connectivity index (χ1) is 11.2. The monoisotopic (exact) mass is 310 g/mol. The van der Waals surface area contributed by atoms with Gasteiger partial charge in [-0.3, -0.25) is 0 Å². The minimum atomic E-state index is -0.361. The largest absolute Gasteiger partial charge is 0.465 e. The van der Waals surface area contributed by atoms with E-state index in [9.17, 15) is 4.79 Å². The van der Waals surface area contributed by atoms with Gasteiger partial charge >= 0.3 is 5.97 Å². The number of rotatable bonds is 4. The van der Waals surface area contributed by atoms with Gasteiger partial charge in [-0.1, -0.05) is 12.1 Å². The molecule has 0 atom stereocenters. The number of benzene rings is 1. The summed E-state index contributed by atoms with van der Waals surface area (Å²) in [5.74, 6) is 0.998. The number of nitrogens with one attached hydrogen (secondary N) is 2. The number of carbonyl (C=O) groups excluding carboxylic acids is 1. The minimum Gasteiger partial charge on any atom is -0.465 e. The zero-order chi connectivity index (χ0) is 16.2. The molecule has 1 aliphatic rings. The van der Waals surface area contributed by atoms with Crippen LogP contribution < -0.4 is 10.1 Å².